The molecule has 0 radical (unpaired) electrons. The zero-order valence-corrected chi connectivity index (χ0v) is 12.5. The lowest BCUT2D eigenvalue weighted by Gasteiger charge is -2.16. The summed E-state index contributed by atoms with van der Waals surface area (Å²) in [7, 11) is 0. The number of aromatic nitrogens is 1. The monoisotopic (exact) mass is 306 g/mol. The van der Waals surface area contributed by atoms with E-state index in [0.717, 1.165) is 31.3 Å². The van der Waals surface area contributed by atoms with Crippen LogP contribution in [0.25, 0.3) is 16.5 Å². The molecule has 3 rings (SSSR count). The van der Waals surface area contributed by atoms with Crippen LogP contribution in [0.15, 0.2) is 12.1 Å². The highest BCUT2D eigenvalue weighted by Gasteiger charge is 2.23. The molecule has 2 aromatic rings. The van der Waals surface area contributed by atoms with Crippen molar-refractivity contribution in [2.45, 2.75) is 32.6 Å². The molecular formula is C16H16ClFN2O. The second-order valence-corrected chi connectivity index (χ2v) is 5.81. The van der Waals surface area contributed by atoms with E-state index in [1.54, 1.807) is 6.92 Å². The molecule has 0 fully saturated rings. The minimum Gasteiger partial charge on any atom is -0.366 e. The number of primary amides is 1. The quantitative estimate of drug-likeness (QED) is 0.852. The summed E-state index contributed by atoms with van der Waals surface area (Å²) in [5, 5.41) is 1.02. The highest BCUT2D eigenvalue weighted by atomic mass is 35.5. The Bertz CT molecular complexity index is 776. The Labute approximate surface area is 127 Å². The number of carbonyl (C=O) groups is 1. The van der Waals surface area contributed by atoms with Crippen LogP contribution < -0.4 is 5.73 Å². The maximum atomic E-state index is 14.6. The zero-order chi connectivity index (χ0) is 15.1. The highest BCUT2D eigenvalue weighted by Crippen LogP contribution is 2.39. The van der Waals surface area contributed by atoms with Gasteiger partial charge in [0.1, 0.15) is 5.82 Å². The number of benzene rings is 1. The van der Waals surface area contributed by atoms with E-state index in [-0.39, 0.29) is 5.56 Å². The first kappa shape index (κ1) is 14.1. The lowest BCUT2D eigenvalue weighted by Crippen LogP contribution is -2.13. The van der Waals surface area contributed by atoms with Gasteiger partial charge in [-0.25, -0.2) is 4.39 Å². The minimum atomic E-state index is -0.666. The smallest absolute Gasteiger partial charge is 0.250 e. The van der Waals surface area contributed by atoms with Gasteiger partial charge in [-0.15, -0.1) is 0 Å². The number of nitrogens with one attached hydrogen (secondary N) is 1. The van der Waals surface area contributed by atoms with Gasteiger partial charge in [-0.05, 0) is 44.2 Å². The fraction of sp³-hybridized carbons (Fsp3) is 0.312. The van der Waals surface area contributed by atoms with Gasteiger partial charge >= 0.3 is 0 Å². The van der Waals surface area contributed by atoms with Crippen molar-refractivity contribution in [3.8, 4) is 0 Å². The minimum absolute atomic E-state index is 0.137. The summed E-state index contributed by atoms with van der Waals surface area (Å²) < 4.78 is 14.6. The molecule has 0 spiro atoms. The van der Waals surface area contributed by atoms with Crippen molar-refractivity contribution in [2.24, 2.45) is 5.73 Å². The van der Waals surface area contributed by atoms with E-state index in [9.17, 15) is 9.18 Å². The van der Waals surface area contributed by atoms with Gasteiger partial charge in [-0.1, -0.05) is 17.7 Å². The number of rotatable bonds is 2. The highest BCUT2D eigenvalue weighted by molar-refractivity contribution is 6.37. The summed E-state index contributed by atoms with van der Waals surface area (Å²) in [6, 6.07) is 1.21. The second kappa shape index (κ2) is 5.19. The molecule has 1 heterocycles. The van der Waals surface area contributed by atoms with Gasteiger partial charge in [0.15, 0.2) is 0 Å². The van der Waals surface area contributed by atoms with Crippen molar-refractivity contribution in [1.82, 2.24) is 4.98 Å². The summed E-state index contributed by atoms with van der Waals surface area (Å²) in [5.74, 6) is -1.11. The number of amides is 1. The van der Waals surface area contributed by atoms with Gasteiger partial charge in [0.05, 0.1) is 16.1 Å². The molecular weight excluding hydrogens is 291 g/mol. The Hall–Kier alpha value is -1.81. The van der Waals surface area contributed by atoms with Crippen LogP contribution in [0.4, 0.5) is 4.39 Å². The van der Waals surface area contributed by atoms with Crippen LogP contribution in [0.1, 0.15) is 47.3 Å². The number of fused-ring (bicyclic) bond motifs is 1. The van der Waals surface area contributed by atoms with E-state index < -0.39 is 11.7 Å². The van der Waals surface area contributed by atoms with E-state index in [0.29, 0.717) is 27.2 Å². The summed E-state index contributed by atoms with van der Waals surface area (Å²) in [5.41, 5.74) is 8.18. The molecule has 0 atom stereocenters. The van der Waals surface area contributed by atoms with Crippen molar-refractivity contribution >= 4 is 34.0 Å². The van der Waals surface area contributed by atoms with Crippen molar-refractivity contribution in [3.63, 3.8) is 0 Å². The molecule has 1 aromatic heterocycles. The van der Waals surface area contributed by atoms with Crippen LogP contribution in [-0.2, 0) is 0 Å². The van der Waals surface area contributed by atoms with Crippen LogP contribution in [0.5, 0.6) is 0 Å². The molecule has 1 aliphatic carbocycles. The molecule has 0 bridgehead atoms. The van der Waals surface area contributed by atoms with Gasteiger partial charge in [0.25, 0.3) is 5.91 Å². The molecule has 5 heteroatoms. The van der Waals surface area contributed by atoms with E-state index in [1.807, 2.05) is 0 Å². The molecule has 0 saturated heterocycles. The number of allylic oxidation sites excluding steroid dienone is 2. The molecule has 3 N–H and O–H groups in total. The lowest BCUT2D eigenvalue weighted by molar-refractivity contribution is 0.100. The summed E-state index contributed by atoms with van der Waals surface area (Å²) >= 11 is 6.34. The maximum Gasteiger partial charge on any atom is 0.250 e. The van der Waals surface area contributed by atoms with Crippen LogP contribution in [0.2, 0.25) is 5.02 Å². The van der Waals surface area contributed by atoms with Crippen LogP contribution in [-0.4, -0.2) is 10.9 Å². The molecule has 3 nitrogen and oxygen atoms in total. The SMILES string of the molecule is Cc1[nH]c2c(C(N)=O)cc(F)c(C3=CCCCC3)c2c1Cl. The Morgan fingerprint density at radius 2 is 2.19 bits per heavy atom. The summed E-state index contributed by atoms with van der Waals surface area (Å²) in [4.78, 5) is 14.6. The fourth-order valence-corrected chi connectivity index (χ4v) is 3.24. The van der Waals surface area contributed by atoms with Gasteiger partial charge in [-0.3, -0.25) is 4.79 Å². The van der Waals surface area contributed by atoms with Crippen molar-refractivity contribution in [1.29, 1.82) is 0 Å². The number of carbonyl (C=O) groups excluding carboxylic acids is 1. The molecule has 0 saturated carbocycles. The zero-order valence-electron chi connectivity index (χ0n) is 11.7. The number of hydrogen-bond donors (Lipinski definition) is 2. The fourth-order valence-electron chi connectivity index (χ4n) is 3.00. The third-order valence-corrected chi connectivity index (χ3v) is 4.49. The average molecular weight is 307 g/mol. The average Bonchev–Trinajstić information content (AvgIpc) is 2.75. The molecule has 21 heavy (non-hydrogen) atoms. The number of H-pyrrole nitrogens is 1. The number of hydrogen-bond acceptors (Lipinski definition) is 1. The first-order valence-electron chi connectivity index (χ1n) is 7.00. The Morgan fingerprint density at radius 3 is 2.81 bits per heavy atom. The predicted molar refractivity (Wildman–Crippen MR) is 83.0 cm³/mol. The first-order valence-corrected chi connectivity index (χ1v) is 7.38. The van der Waals surface area contributed by atoms with Crippen molar-refractivity contribution in [3.05, 3.63) is 39.8 Å². The molecule has 110 valence electrons. The normalized spacial score (nSPS) is 15.3. The Morgan fingerprint density at radius 1 is 1.43 bits per heavy atom. The predicted octanol–water partition coefficient (Wildman–Crippen LogP) is 4.33. The Balaban J connectivity index is 2.39. The van der Waals surface area contributed by atoms with E-state index >= 15 is 0 Å². The van der Waals surface area contributed by atoms with Gasteiger partial charge in [-0.2, -0.15) is 0 Å². The van der Waals surface area contributed by atoms with Gasteiger partial charge in [0.2, 0.25) is 0 Å². The van der Waals surface area contributed by atoms with Gasteiger partial charge in [0, 0.05) is 16.6 Å². The number of aromatic amines is 1. The molecule has 1 amide bonds. The first-order chi connectivity index (χ1) is 10.0. The summed E-state index contributed by atoms with van der Waals surface area (Å²) in [6.45, 7) is 1.80. The molecule has 1 aliphatic rings. The summed E-state index contributed by atoms with van der Waals surface area (Å²) in [6.07, 6.45) is 5.97. The van der Waals surface area contributed by atoms with Gasteiger partial charge < -0.3 is 10.7 Å². The van der Waals surface area contributed by atoms with E-state index in [1.165, 1.54) is 6.07 Å². The number of halogens is 2. The lowest BCUT2D eigenvalue weighted by atomic mass is 9.90. The second-order valence-electron chi connectivity index (χ2n) is 5.43. The van der Waals surface area contributed by atoms with Crippen LogP contribution in [0, 0.1) is 12.7 Å². The maximum absolute atomic E-state index is 14.6. The van der Waals surface area contributed by atoms with Crippen LogP contribution >= 0.6 is 11.6 Å². The topological polar surface area (TPSA) is 58.9 Å². The third kappa shape index (κ3) is 2.23. The Kier molecular flexibility index (Phi) is 3.49. The molecule has 0 aliphatic heterocycles. The van der Waals surface area contributed by atoms with Crippen molar-refractivity contribution in [2.75, 3.05) is 0 Å². The molecule has 0 unspecified atom stereocenters. The van der Waals surface area contributed by atoms with Crippen LogP contribution in [0.3, 0.4) is 0 Å². The largest absolute Gasteiger partial charge is 0.366 e. The standard InChI is InChI=1S/C16H16ClFN2O/c1-8-14(17)13-12(9-5-3-2-4-6-9)11(18)7-10(16(19)21)15(13)20-8/h5,7,20H,2-4,6H2,1H3,(H2,19,21). The third-order valence-electron chi connectivity index (χ3n) is 4.02. The van der Waals surface area contributed by atoms with Crippen molar-refractivity contribution < 1.29 is 9.18 Å². The molecule has 1 aromatic carbocycles. The number of aryl methyl sites for hydroxylation is 1. The van der Waals surface area contributed by atoms with E-state index in [4.69, 9.17) is 17.3 Å². The number of nitrogens with two attached hydrogens (primary N) is 1. The van der Waals surface area contributed by atoms with E-state index in [2.05, 4.69) is 11.1 Å².